The summed E-state index contributed by atoms with van der Waals surface area (Å²) in [6.07, 6.45) is 3.69. The number of hydrogen-bond acceptors (Lipinski definition) is 4. The summed E-state index contributed by atoms with van der Waals surface area (Å²) < 4.78 is 8.38. The highest BCUT2D eigenvalue weighted by Gasteiger charge is 2.42. The largest absolute Gasteiger partial charge is 0.457 e. The normalized spacial score (nSPS) is 16.7. The summed E-state index contributed by atoms with van der Waals surface area (Å²) in [5, 5.41) is 4.23. The van der Waals surface area contributed by atoms with Gasteiger partial charge >= 0.3 is 0 Å². The Morgan fingerprint density at radius 2 is 1.60 bits per heavy atom. The van der Waals surface area contributed by atoms with Crippen LogP contribution in [0.4, 0.5) is 5.69 Å². The van der Waals surface area contributed by atoms with E-state index in [-0.39, 0.29) is 12.1 Å². The van der Waals surface area contributed by atoms with Crippen LogP contribution in [0, 0.1) is 27.7 Å². The average molecular weight is 546 g/mol. The molecule has 0 bridgehead atoms. The number of benzene rings is 2. The molecular formula is C33H31N5OS. The fourth-order valence-corrected chi connectivity index (χ4v) is 5.85. The second-order valence-electron chi connectivity index (χ2n) is 10.2. The second-order valence-corrected chi connectivity index (χ2v) is 10.6. The Morgan fingerprint density at radius 1 is 0.825 bits per heavy atom. The molecule has 0 aliphatic carbocycles. The van der Waals surface area contributed by atoms with E-state index in [0.717, 1.165) is 45.6 Å². The highest BCUT2D eigenvalue weighted by molar-refractivity contribution is 7.80. The van der Waals surface area contributed by atoms with Gasteiger partial charge in [0.1, 0.15) is 17.3 Å². The van der Waals surface area contributed by atoms with Gasteiger partial charge in [-0.05, 0) is 117 Å². The van der Waals surface area contributed by atoms with E-state index in [2.05, 4.69) is 70.9 Å². The zero-order chi connectivity index (χ0) is 27.8. The monoisotopic (exact) mass is 545 g/mol. The number of aromatic nitrogens is 3. The minimum atomic E-state index is -0.129. The molecule has 40 heavy (non-hydrogen) atoms. The minimum Gasteiger partial charge on any atom is -0.457 e. The molecule has 0 amide bonds. The van der Waals surface area contributed by atoms with Crippen molar-refractivity contribution in [2.24, 2.45) is 0 Å². The van der Waals surface area contributed by atoms with Gasteiger partial charge in [0.25, 0.3) is 0 Å². The Kier molecular flexibility index (Phi) is 6.82. The van der Waals surface area contributed by atoms with Crippen molar-refractivity contribution in [3.05, 3.63) is 131 Å². The van der Waals surface area contributed by atoms with Gasteiger partial charge in [0.15, 0.2) is 5.11 Å². The van der Waals surface area contributed by atoms with Crippen LogP contribution in [0.1, 0.15) is 45.9 Å². The number of aryl methyl sites for hydroxylation is 3. The molecule has 0 saturated carbocycles. The lowest BCUT2D eigenvalue weighted by molar-refractivity contribution is 0.479. The van der Waals surface area contributed by atoms with E-state index in [1.165, 1.54) is 11.1 Å². The van der Waals surface area contributed by atoms with Gasteiger partial charge in [-0.1, -0.05) is 24.3 Å². The number of nitrogens with one attached hydrogen (secondary N) is 1. The fraction of sp³-hybridized carbons (Fsp3) is 0.182. The van der Waals surface area contributed by atoms with Crippen molar-refractivity contribution in [1.29, 1.82) is 0 Å². The number of para-hydroxylation sites is 1. The molecule has 0 unspecified atom stereocenters. The highest BCUT2D eigenvalue weighted by Crippen LogP contribution is 2.44. The number of hydrogen-bond donors (Lipinski definition) is 1. The molecule has 1 fully saturated rings. The molecule has 1 aliphatic rings. The number of pyridine rings is 2. The van der Waals surface area contributed by atoms with Gasteiger partial charge in [0, 0.05) is 29.5 Å². The molecule has 4 heterocycles. The summed E-state index contributed by atoms with van der Waals surface area (Å²) in [7, 11) is 0. The van der Waals surface area contributed by atoms with E-state index in [9.17, 15) is 0 Å². The molecule has 6 nitrogen and oxygen atoms in total. The van der Waals surface area contributed by atoms with Crippen molar-refractivity contribution in [3.63, 3.8) is 0 Å². The molecule has 2 aromatic carbocycles. The molecule has 5 aromatic rings. The molecule has 1 N–H and O–H groups in total. The van der Waals surface area contributed by atoms with E-state index >= 15 is 0 Å². The van der Waals surface area contributed by atoms with Crippen molar-refractivity contribution >= 4 is 23.0 Å². The molecule has 3 aromatic heterocycles. The number of rotatable bonds is 6. The predicted molar refractivity (Wildman–Crippen MR) is 163 cm³/mol. The average Bonchev–Trinajstić information content (AvgIpc) is 3.45. The lowest BCUT2D eigenvalue weighted by Crippen LogP contribution is -2.29. The number of thiocarbonyl (C=S) groups is 1. The maximum absolute atomic E-state index is 6.17. The van der Waals surface area contributed by atoms with E-state index in [4.69, 9.17) is 21.9 Å². The van der Waals surface area contributed by atoms with Crippen LogP contribution >= 0.6 is 12.2 Å². The molecule has 0 radical (unpaired) electrons. The smallest absolute Gasteiger partial charge is 0.174 e. The first-order chi connectivity index (χ1) is 19.4. The Bertz CT molecular complexity index is 1680. The molecule has 1 saturated heterocycles. The Morgan fingerprint density at radius 3 is 2.33 bits per heavy atom. The molecule has 6 rings (SSSR count). The van der Waals surface area contributed by atoms with Crippen molar-refractivity contribution in [2.75, 3.05) is 4.90 Å². The third-order valence-electron chi connectivity index (χ3n) is 7.45. The number of ether oxygens (including phenoxy) is 1. The summed E-state index contributed by atoms with van der Waals surface area (Å²) in [5.74, 6) is 2.53. The maximum Gasteiger partial charge on any atom is 0.174 e. The molecular weight excluding hydrogens is 514 g/mol. The Hall–Kier alpha value is -4.49. The van der Waals surface area contributed by atoms with E-state index in [1.54, 1.807) is 0 Å². The molecule has 2 atom stereocenters. The zero-order valence-corrected chi connectivity index (χ0v) is 23.8. The molecule has 1 aliphatic heterocycles. The number of anilines is 1. The van der Waals surface area contributed by atoms with Gasteiger partial charge in [-0.3, -0.25) is 4.98 Å². The summed E-state index contributed by atoms with van der Waals surface area (Å²) in [6, 6.07) is 28.3. The Balaban J connectivity index is 1.42. The molecule has 0 spiro atoms. The van der Waals surface area contributed by atoms with Crippen molar-refractivity contribution in [3.8, 4) is 17.3 Å². The predicted octanol–water partition coefficient (Wildman–Crippen LogP) is 7.47. The second kappa shape index (κ2) is 10.6. The van der Waals surface area contributed by atoms with E-state index in [1.807, 2.05) is 73.9 Å². The molecule has 200 valence electrons. The van der Waals surface area contributed by atoms with Gasteiger partial charge in [0.2, 0.25) is 0 Å². The van der Waals surface area contributed by atoms with E-state index in [0.29, 0.717) is 5.11 Å². The maximum atomic E-state index is 6.17. The van der Waals surface area contributed by atoms with Crippen molar-refractivity contribution in [1.82, 2.24) is 19.9 Å². The fourth-order valence-electron chi connectivity index (χ4n) is 5.50. The summed E-state index contributed by atoms with van der Waals surface area (Å²) in [5.41, 5.74) is 7.59. The first-order valence-corrected chi connectivity index (χ1v) is 13.8. The van der Waals surface area contributed by atoms with Crippen LogP contribution < -0.4 is 15.0 Å². The van der Waals surface area contributed by atoms with Gasteiger partial charge in [0.05, 0.1) is 17.8 Å². The SMILES string of the molecule is Cc1ccnc(-n2c(C)cc([C@@H]3[C@H](c4ccccn4)NC(=S)N3c3ccc(Oc4ccccc4C)cc3)c2C)c1. The van der Waals surface area contributed by atoms with Crippen LogP contribution in [0.25, 0.3) is 5.82 Å². The first-order valence-electron chi connectivity index (χ1n) is 13.4. The standard InChI is InChI=1S/C33H31N5OS/c1-21-16-18-35-30(19-21)37-23(3)20-27(24(37)4)32-31(28-10-7-8-17-34-28)36-33(40)38(32)25-12-14-26(15-13-25)39-29-11-6-5-9-22(29)2/h5-20,31-32H,1-4H3,(H,36,40)/t31-,32+/m0/s1. The molecule has 7 heteroatoms. The minimum absolute atomic E-state index is 0.115. The van der Waals surface area contributed by atoms with Gasteiger partial charge in [-0.2, -0.15) is 0 Å². The zero-order valence-electron chi connectivity index (χ0n) is 23.0. The quantitative estimate of drug-likeness (QED) is 0.223. The van der Waals surface area contributed by atoms with Crippen LogP contribution in [0.15, 0.2) is 97.3 Å². The Labute approximate surface area is 240 Å². The van der Waals surface area contributed by atoms with Crippen LogP contribution in [-0.4, -0.2) is 19.6 Å². The van der Waals surface area contributed by atoms with Crippen LogP contribution in [0.3, 0.4) is 0 Å². The summed E-state index contributed by atoms with van der Waals surface area (Å²) >= 11 is 5.96. The topological polar surface area (TPSA) is 55.2 Å². The van der Waals surface area contributed by atoms with Gasteiger partial charge in [-0.15, -0.1) is 0 Å². The van der Waals surface area contributed by atoms with Crippen molar-refractivity contribution < 1.29 is 4.74 Å². The van der Waals surface area contributed by atoms with Crippen molar-refractivity contribution in [2.45, 2.75) is 39.8 Å². The summed E-state index contributed by atoms with van der Waals surface area (Å²) in [6.45, 7) is 8.41. The first kappa shape index (κ1) is 25.8. The van der Waals surface area contributed by atoms with Crippen LogP contribution in [0.2, 0.25) is 0 Å². The third-order valence-corrected chi connectivity index (χ3v) is 7.77. The van der Waals surface area contributed by atoms with Gasteiger partial charge in [-0.25, -0.2) is 4.98 Å². The van der Waals surface area contributed by atoms with Crippen LogP contribution in [-0.2, 0) is 0 Å². The summed E-state index contributed by atoms with van der Waals surface area (Å²) in [4.78, 5) is 11.6. The third kappa shape index (κ3) is 4.73. The van der Waals surface area contributed by atoms with Crippen LogP contribution in [0.5, 0.6) is 11.5 Å². The lowest BCUT2D eigenvalue weighted by Gasteiger charge is -2.28. The number of nitrogens with zero attached hydrogens (tertiary/aromatic N) is 4. The van der Waals surface area contributed by atoms with Gasteiger partial charge < -0.3 is 19.5 Å². The highest BCUT2D eigenvalue weighted by atomic mass is 32.1. The van der Waals surface area contributed by atoms with E-state index < -0.39 is 0 Å². The lowest BCUT2D eigenvalue weighted by atomic mass is 9.96.